The van der Waals surface area contributed by atoms with Crippen LogP contribution in [-0.4, -0.2) is 18.1 Å². The summed E-state index contributed by atoms with van der Waals surface area (Å²) in [4.78, 5) is 15.7. The number of aryl methyl sites for hydroxylation is 2. The number of H-pyrrole nitrogens is 1. The standard InChI is InChI=1S/C11H13NO2S/c1-6-5-15-11-10(6)8(7(2)12-11)4-9(13)14-3/h5,12H,4H2,1-3H3. The fraction of sp³-hybridized carbons (Fsp3) is 0.364. The summed E-state index contributed by atoms with van der Waals surface area (Å²) in [5, 5.41) is 3.28. The maximum Gasteiger partial charge on any atom is 0.310 e. The number of hydrogen-bond acceptors (Lipinski definition) is 3. The zero-order valence-electron chi connectivity index (χ0n) is 9.01. The van der Waals surface area contributed by atoms with Gasteiger partial charge in [-0.05, 0) is 30.4 Å². The van der Waals surface area contributed by atoms with E-state index in [9.17, 15) is 4.79 Å². The summed E-state index contributed by atoms with van der Waals surface area (Å²) < 4.78 is 4.69. The number of nitrogens with one attached hydrogen (secondary N) is 1. The fourth-order valence-corrected chi connectivity index (χ4v) is 2.81. The molecule has 0 atom stereocenters. The molecule has 0 aliphatic heterocycles. The number of ether oxygens (including phenoxy) is 1. The van der Waals surface area contributed by atoms with Gasteiger partial charge in [0.2, 0.25) is 0 Å². The predicted octanol–water partition coefficient (Wildman–Crippen LogP) is 2.56. The average Bonchev–Trinajstić information content (AvgIpc) is 2.69. The van der Waals surface area contributed by atoms with Crippen molar-refractivity contribution >= 4 is 27.5 Å². The largest absolute Gasteiger partial charge is 0.469 e. The van der Waals surface area contributed by atoms with Crippen molar-refractivity contribution in [2.24, 2.45) is 0 Å². The minimum atomic E-state index is -0.190. The van der Waals surface area contributed by atoms with Gasteiger partial charge in [-0.25, -0.2) is 0 Å². The zero-order chi connectivity index (χ0) is 11.0. The normalized spacial score (nSPS) is 10.9. The number of fused-ring (bicyclic) bond motifs is 1. The van der Waals surface area contributed by atoms with E-state index < -0.39 is 0 Å². The van der Waals surface area contributed by atoms with Gasteiger partial charge in [0.15, 0.2) is 0 Å². The second-order valence-corrected chi connectivity index (χ2v) is 4.48. The molecule has 2 rings (SSSR count). The van der Waals surface area contributed by atoms with Gasteiger partial charge in [0.25, 0.3) is 0 Å². The molecule has 0 aromatic carbocycles. The summed E-state index contributed by atoms with van der Waals surface area (Å²) in [7, 11) is 1.42. The van der Waals surface area contributed by atoms with Crippen LogP contribution in [0.5, 0.6) is 0 Å². The second kappa shape index (κ2) is 3.70. The van der Waals surface area contributed by atoms with E-state index in [2.05, 4.69) is 17.3 Å². The molecule has 0 aliphatic rings. The van der Waals surface area contributed by atoms with Crippen molar-refractivity contribution in [2.45, 2.75) is 20.3 Å². The van der Waals surface area contributed by atoms with E-state index in [1.54, 1.807) is 11.3 Å². The number of aromatic amines is 1. The Labute approximate surface area is 92.1 Å². The molecule has 0 bridgehead atoms. The molecule has 0 aliphatic carbocycles. The Morgan fingerprint density at radius 2 is 2.27 bits per heavy atom. The van der Waals surface area contributed by atoms with Gasteiger partial charge in [0.05, 0.1) is 13.5 Å². The molecule has 0 fully saturated rings. The quantitative estimate of drug-likeness (QED) is 0.795. The van der Waals surface area contributed by atoms with Crippen molar-refractivity contribution in [1.29, 1.82) is 0 Å². The van der Waals surface area contributed by atoms with Crippen molar-refractivity contribution in [1.82, 2.24) is 4.98 Å². The molecule has 2 heterocycles. The molecular formula is C11H13NO2S. The third-order valence-corrected chi connectivity index (χ3v) is 3.59. The van der Waals surface area contributed by atoms with Crippen LogP contribution in [0.2, 0.25) is 0 Å². The highest BCUT2D eigenvalue weighted by Gasteiger charge is 2.15. The minimum Gasteiger partial charge on any atom is -0.469 e. The summed E-state index contributed by atoms with van der Waals surface area (Å²) in [5.41, 5.74) is 3.35. The van der Waals surface area contributed by atoms with Crippen molar-refractivity contribution in [3.8, 4) is 0 Å². The zero-order valence-corrected chi connectivity index (χ0v) is 9.83. The minimum absolute atomic E-state index is 0.190. The SMILES string of the molecule is COC(=O)Cc1c(C)[nH]c2scc(C)c12. The van der Waals surface area contributed by atoms with Crippen LogP contribution in [0, 0.1) is 13.8 Å². The Hall–Kier alpha value is -1.29. The highest BCUT2D eigenvalue weighted by molar-refractivity contribution is 7.17. The van der Waals surface area contributed by atoms with Crippen molar-refractivity contribution in [3.63, 3.8) is 0 Å². The van der Waals surface area contributed by atoms with E-state index in [1.165, 1.54) is 18.1 Å². The lowest BCUT2D eigenvalue weighted by Gasteiger charge is -2.00. The van der Waals surface area contributed by atoms with Gasteiger partial charge in [0, 0.05) is 11.1 Å². The molecule has 15 heavy (non-hydrogen) atoms. The first-order valence-electron chi connectivity index (χ1n) is 4.75. The number of aromatic nitrogens is 1. The molecule has 0 saturated heterocycles. The van der Waals surface area contributed by atoms with Crippen LogP contribution in [0.1, 0.15) is 16.8 Å². The van der Waals surface area contributed by atoms with Gasteiger partial charge < -0.3 is 9.72 Å². The lowest BCUT2D eigenvalue weighted by Crippen LogP contribution is -2.05. The summed E-state index contributed by atoms with van der Waals surface area (Å²) in [5.74, 6) is -0.190. The monoisotopic (exact) mass is 223 g/mol. The molecule has 0 saturated carbocycles. The number of carbonyl (C=O) groups excluding carboxylic acids is 1. The average molecular weight is 223 g/mol. The maximum atomic E-state index is 11.3. The Balaban J connectivity index is 2.52. The molecule has 80 valence electrons. The van der Waals surface area contributed by atoms with E-state index >= 15 is 0 Å². The van der Waals surface area contributed by atoms with Crippen molar-refractivity contribution < 1.29 is 9.53 Å². The number of methoxy groups -OCH3 is 1. The highest BCUT2D eigenvalue weighted by atomic mass is 32.1. The molecule has 3 nitrogen and oxygen atoms in total. The number of esters is 1. The number of thiophene rings is 1. The number of hydrogen-bond donors (Lipinski definition) is 1. The van der Waals surface area contributed by atoms with Crippen LogP contribution in [0.3, 0.4) is 0 Å². The first-order chi connectivity index (χ1) is 7.13. The molecule has 4 heteroatoms. The van der Waals surface area contributed by atoms with Gasteiger partial charge in [-0.3, -0.25) is 4.79 Å². The Kier molecular flexibility index (Phi) is 2.52. The summed E-state index contributed by atoms with van der Waals surface area (Å²) >= 11 is 1.68. The number of carbonyl (C=O) groups is 1. The highest BCUT2D eigenvalue weighted by Crippen LogP contribution is 2.30. The van der Waals surface area contributed by atoms with E-state index in [-0.39, 0.29) is 5.97 Å². The second-order valence-electron chi connectivity index (χ2n) is 3.60. The smallest absolute Gasteiger partial charge is 0.310 e. The lowest BCUT2D eigenvalue weighted by atomic mass is 10.1. The Morgan fingerprint density at radius 3 is 2.93 bits per heavy atom. The van der Waals surface area contributed by atoms with Crippen LogP contribution in [0.25, 0.3) is 10.2 Å². The van der Waals surface area contributed by atoms with Crippen molar-refractivity contribution in [2.75, 3.05) is 7.11 Å². The molecule has 0 amide bonds. The predicted molar refractivity (Wildman–Crippen MR) is 61.4 cm³/mol. The third kappa shape index (κ3) is 1.65. The van der Waals surface area contributed by atoms with Crippen LogP contribution in [0.4, 0.5) is 0 Å². The molecule has 1 N–H and O–H groups in total. The summed E-state index contributed by atoms with van der Waals surface area (Å²) in [6.45, 7) is 4.05. The molecule has 0 radical (unpaired) electrons. The van der Waals surface area contributed by atoms with Gasteiger partial charge in [-0.1, -0.05) is 0 Å². The molecule has 2 aromatic heterocycles. The van der Waals surface area contributed by atoms with Gasteiger partial charge >= 0.3 is 5.97 Å². The molecular weight excluding hydrogens is 210 g/mol. The van der Waals surface area contributed by atoms with Crippen LogP contribution in [0.15, 0.2) is 5.38 Å². The topological polar surface area (TPSA) is 42.1 Å². The Morgan fingerprint density at radius 1 is 1.53 bits per heavy atom. The fourth-order valence-electron chi connectivity index (χ4n) is 1.78. The van der Waals surface area contributed by atoms with Crippen LogP contribution in [-0.2, 0) is 16.0 Å². The van der Waals surface area contributed by atoms with E-state index in [0.29, 0.717) is 6.42 Å². The lowest BCUT2D eigenvalue weighted by molar-refractivity contribution is -0.139. The van der Waals surface area contributed by atoms with E-state index in [1.807, 2.05) is 6.92 Å². The summed E-state index contributed by atoms with van der Waals surface area (Å²) in [6.07, 6.45) is 0.347. The third-order valence-electron chi connectivity index (χ3n) is 2.58. The van der Waals surface area contributed by atoms with Gasteiger partial charge in [0.1, 0.15) is 4.83 Å². The number of rotatable bonds is 2. The molecule has 2 aromatic rings. The van der Waals surface area contributed by atoms with Crippen molar-refractivity contribution in [3.05, 3.63) is 22.2 Å². The van der Waals surface area contributed by atoms with Crippen LogP contribution >= 0.6 is 11.3 Å². The van der Waals surface area contributed by atoms with Crippen LogP contribution < -0.4 is 0 Å². The Bertz CT molecular complexity index is 510. The first-order valence-corrected chi connectivity index (χ1v) is 5.63. The first kappa shape index (κ1) is 10.2. The van der Waals surface area contributed by atoms with E-state index in [4.69, 9.17) is 4.74 Å². The van der Waals surface area contributed by atoms with Gasteiger partial charge in [-0.15, -0.1) is 11.3 Å². The van der Waals surface area contributed by atoms with E-state index in [0.717, 1.165) is 16.1 Å². The molecule has 0 spiro atoms. The maximum absolute atomic E-state index is 11.3. The van der Waals surface area contributed by atoms with Gasteiger partial charge in [-0.2, -0.15) is 0 Å². The molecule has 0 unspecified atom stereocenters. The summed E-state index contributed by atoms with van der Waals surface area (Å²) in [6, 6.07) is 0.